The summed E-state index contributed by atoms with van der Waals surface area (Å²) < 4.78 is 11.1. The number of hydrogen-bond donors (Lipinski definition) is 1. The van der Waals surface area contributed by atoms with E-state index in [-0.39, 0.29) is 18.4 Å². The van der Waals surface area contributed by atoms with Crippen LogP contribution >= 0.6 is 0 Å². The summed E-state index contributed by atoms with van der Waals surface area (Å²) in [6, 6.07) is 12.7. The quantitative estimate of drug-likeness (QED) is 0.916. The molecule has 0 atom stereocenters. The minimum atomic E-state index is -1.03. The Morgan fingerprint density at radius 1 is 1.23 bits per heavy atom. The lowest BCUT2D eigenvalue weighted by atomic mass is 10.0. The summed E-state index contributed by atoms with van der Waals surface area (Å²) in [6.07, 6.45) is 0. The number of rotatable bonds is 4. The van der Waals surface area contributed by atoms with Crippen LogP contribution in [0.4, 0.5) is 11.4 Å². The second-order valence-electron chi connectivity index (χ2n) is 6.72. The van der Waals surface area contributed by atoms with E-state index in [2.05, 4.69) is 5.32 Å². The summed E-state index contributed by atoms with van der Waals surface area (Å²) in [7, 11) is 1.54. The van der Waals surface area contributed by atoms with Gasteiger partial charge in [0.15, 0.2) is 5.60 Å². The predicted molar refractivity (Wildman–Crippen MR) is 99.9 cm³/mol. The maximum Gasteiger partial charge on any atom is 0.271 e. The first-order valence-electron chi connectivity index (χ1n) is 8.36. The molecule has 0 saturated carbocycles. The Labute approximate surface area is 152 Å². The van der Waals surface area contributed by atoms with Gasteiger partial charge in [-0.25, -0.2) is 0 Å². The number of ether oxygens (including phenoxy) is 2. The zero-order valence-electron chi connectivity index (χ0n) is 15.3. The van der Waals surface area contributed by atoms with Crippen LogP contribution in [-0.4, -0.2) is 31.1 Å². The average Bonchev–Trinajstić information content (AvgIpc) is 2.60. The van der Waals surface area contributed by atoms with Crippen LogP contribution in [0.3, 0.4) is 0 Å². The van der Waals surface area contributed by atoms with Gasteiger partial charge in [0.1, 0.15) is 18.0 Å². The summed E-state index contributed by atoms with van der Waals surface area (Å²) in [4.78, 5) is 26.9. The second kappa shape index (κ2) is 6.71. The smallest absolute Gasteiger partial charge is 0.271 e. The molecule has 1 heterocycles. The van der Waals surface area contributed by atoms with E-state index in [9.17, 15) is 9.59 Å². The summed E-state index contributed by atoms with van der Waals surface area (Å²) >= 11 is 0. The van der Waals surface area contributed by atoms with Gasteiger partial charge in [-0.3, -0.25) is 14.5 Å². The predicted octanol–water partition coefficient (Wildman–Crippen LogP) is 3.15. The van der Waals surface area contributed by atoms with Crippen LogP contribution in [0.5, 0.6) is 11.5 Å². The number of methoxy groups -OCH3 is 1. The minimum absolute atomic E-state index is 0.111. The maximum absolute atomic E-state index is 12.8. The van der Waals surface area contributed by atoms with Crippen molar-refractivity contribution >= 4 is 23.2 Å². The van der Waals surface area contributed by atoms with E-state index in [4.69, 9.17) is 9.47 Å². The number of para-hydroxylation sites is 2. The Kier molecular flexibility index (Phi) is 4.59. The molecule has 6 heteroatoms. The second-order valence-corrected chi connectivity index (χ2v) is 6.72. The molecule has 0 saturated heterocycles. The molecule has 2 amide bonds. The molecule has 26 heavy (non-hydrogen) atoms. The largest absolute Gasteiger partial charge is 0.495 e. The third kappa shape index (κ3) is 3.35. The number of amides is 2. The molecule has 2 aromatic carbocycles. The fourth-order valence-electron chi connectivity index (χ4n) is 2.92. The van der Waals surface area contributed by atoms with Crippen LogP contribution in [0.1, 0.15) is 19.4 Å². The zero-order valence-corrected chi connectivity index (χ0v) is 15.3. The van der Waals surface area contributed by atoms with Gasteiger partial charge in [0.05, 0.1) is 18.5 Å². The van der Waals surface area contributed by atoms with Gasteiger partial charge in [0.2, 0.25) is 5.91 Å². The molecule has 1 aliphatic rings. The molecule has 0 fully saturated rings. The van der Waals surface area contributed by atoms with Crippen molar-refractivity contribution in [2.24, 2.45) is 0 Å². The Balaban J connectivity index is 1.87. The molecular formula is C20H22N2O4. The third-order valence-electron chi connectivity index (χ3n) is 4.21. The monoisotopic (exact) mass is 354 g/mol. The maximum atomic E-state index is 12.8. The molecule has 1 N–H and O–H groups in total. The van der Waals surface area contributed by atoms with Crippen LogP contribution in [-0.2, 0) is 9.59 Å². The van der Waals surface area contributed by atoms with Crippen molar-refractivity contribution in [2.75, 3.05) is 23.9 Å². The van der Waals surface area contributed by atoms with E-state index in [0.717, 1.165) is 5.56 Å². The molecule has 2 aromatic rings. The first kappa shape index (κ1) is 17.8. The number of carbonyl (C=O) groups is 2. The molecule has 0 radical (unpaired) electrons. The van der Waals surface area contributed by atoms with Crippen LogP contribution in [0.2, 0.25) is 0 Å². The van der Waals surface area contributed by atoms with E-state index in [1.54, 1.807) is 32.0 Å². The molecule has 0 aromatic heterocycles. The molecule has 0 spiro atoms. The summed E-state index contributed by atoms with van der Waals surface area (Å²) in [6.45, 7) is 5.21. The SMILES string of the molecule is COc1ccccc1NC(=O)CN1C(=O)C(C)(C)Oc2ccc(C)cc21. The van der Waals surface area contributed by atoms with Gasteiger partial charge in [0.25, 0.3) is 5.91 Å². The zero-order chi connectivity index (χ0) is 18.9. The van der Waals surface area contributed by atoms with Gasteiger partial charge in [-0.1, -0.05) is 18.2 Å². The number of nitrogens with zero attached hydrogens (tertiary/aromatic N) is 1. The summed E-state index contributed by atoms with van der Waals surface area (Å²) in [5.41, 5.74) is 1.11. The van der Waals surface area contributed by atoms with Crippen LogP contribution in [0.25, 0.3) is 0 Å². The molecule has 0 aliphatic carbocycles. The molecule has 3 rings (SSSR count). The topological polar surface area (TPSA) is 67.9 Å². The molecule has 1 aliphatic heterocycles. The van der Waals surface area contributed by atoms with Crippen molar-refractivity contribution in [3.63, 3.8) is 0 Å². The first-order valence-corrected chi connectivity index (χ1v) is 8.36. The Hall–Kier alpha value is -3.02. The number of carbonyl (C=O) groups excluding carboxylic acids is 2. The highest BCUT2D eigenvalue weighted by Crippen LogP contribution is 2.38. The van der Waals surface area contributed by atoms with Crippen molar-refractivity contribution in [3.8, 4) is 11.5 Å². The van der Waals surface area contributed by atoms with Crippen molar-refractivity contribution in [2.45, 2.75) is 26.4 Å². The number of nitrogens with one attached hydrogen (secondary N) is 1. The molecular weight excluding hydrogens is 332 g/mol. The summed E-state index contributed by atoms with van der Waals surface area (Å²) in [5.74, 6) is 0.579. The number of hydrogen-bond acceptors (Lipinski definition) is 4. The average molecular weight is 354 g/mol. The van der Waals surface area contributed by atoms with E-state index in [0.29, 0.717) is 22.9 Å². The van der Waals surface area contributed by atoms with Gasteiger partial charge < -0.3 is 14.8 Å². The van der Waals surface area contributed by atoms with Gasteiger partial charge in [-0.15, -0.1) is 0 Å². The van der Waals surface area contributed by atoms with Gasteiger partial charge in [-0.05, 0) is 50.6 Å². The van der Waals surface area contributed by atoms with E-state index in [1.807, 2.05) is 31.2 Å². The minimum Gasteiger partial charge on any atom is -0.495 e. The van der Waals surface area contributed by atoms with Crippen LogP contribution < -0.4 is 19.7 Å². The highest BCUT2D eigenvalue weighted by Gasteiger charge is 2.41. The molecule has 0 unspecified atom stereocenters. The van der Waals surface area contributed by atoms with Crippen LogP contribution in [0, 0.1) is 6.92 Å². The Morgan fingerprint density at radius 2 is 1.96 bits per heavy atom. The van der Waals surface area contributed by atoms with E-state index >= 15 is 0 Å². The van der Waals surface area contributed by atoms with Gasteiger partial charge in [0, 0.05) is 0 Å². The van der Waals surface area contributed by atoms with Crippen molar-refractivity contribution in [1.29, 1.82) is 0 Å². The highest BCUT2D eigenvalue weighted by molar-refractivity contribution is 6.08. The molecule has 136 valence electrons. The van der Waals surface area contributed by atoms with Crippen molar-refractivity contribution < 1.29 is 19.1 Å². The number of fused-ring (bicyclic) bond motifs is 1. The third-order valence-corrected chi connectivity index (χ3v) is 4.21. The van der Waals surface area contributed by atoms with Crippen LogP contribution in [0.15, 0.2) is 42.5 Å². The summed E-state index contributed by atoms with van der Waals surface area (Å²) in [5, 5.41) is 2.80. The Bertz CT molecular complexity index is 861. The fourth-order valence-corrected chi connectivity index (χ4v) is 2.92. The van der Waals surface area contributed by atoms with Crippen molar-refractivity contribution in [3.05, 3.63) is 48.0 Å². The molecule has 6 nitrogen and oxygen atoms in total. The Morgan fingerprint density at radius 3 is 2.69 bits per heavy atom. The standard InChI is InChI=1S/C20H22N2O4/c1-13-9-10-17-15(11-13)22(19(24)20(2,3)26-17)12-18(23)21-14-7-5-6-8-16(14)25-4/h5-11H,12H2,1-4H3,(H,21,23). The lowest BCUT2D eigenvalue weighted by Crippen LogP contribution is -2.54. The van der Waals surface area contributed by atoms with Gasteiger partial charge in [-0.2, -0.15) is 0 Å². The van der Waals surface area contributed by atoms with E-state index < -0.39 is 5.60 Å². The lowest BCUT2D eigenvalue weighted by molar-refractivity contribution is -0.133. The first-order chi connectivity index (χ1) is 12.3. The normalized spacial score (nSPS) is 15.1. The van der Waals surface area contributed by atoms with Crippen molar-refractivity contribution in [1.82, 2.24) is 0 Å². The van der Waals surface area contributed by atoms with Gasteiger partial charge >= 0.3 is 0 Å². The van der Waals surface area contributed by atoms with E-state index in [1.165, 1.54) is 12.0 Å². The number of aryl methyl sites for hydroxylation is 1. The lowest BCUT2D eigenvalue weighted by Gasteiger charge is -2.38. The molecule has 0 bridgehead atoms. The fraction of sp³-hybridized carbons (Fsp3) is 0.300. The highest BCUT2D eigenvalue weighted by atomic mass is 16.5. The number of benzene rings is 2. The number of anilines is 2.